The zero-order valence-electron chi connectivity index (χ0n) is 14.3. The number of anilines is 1. The molecule has 2 aliphatic rings. The second-order valence-electron chi connectivity index (χ2n) is 6.74. The van der Waals surface area contributed by atoms with E-state index >= 15 is 0 Å². The molecule has 2 aliphatic heterocycles. The number of benzene rings is 1. The van der Waals surface area contributed by atoms with Crippen molar-refractivity contribution < 1.29 is 9.59 Å². The van der Waals surface area contributed by atoms with Crippen molar-refractivity contribution in [3.8, 4) is 0 Å². The molecule has 5 heteroatoms. The Morgan fingerprint density at radius 3 is 3.04 bits per heavy atom. The number of rotatable bonds is 3. The van der Waals surface area contributed by atoms with Gasteiger partial charge in [0.25, 0.3) is 5.91 Å². The quantitative estimate of drug-likeness (QED) is 0.894. The summed E-state index contributed by atoms with van der Waals surface area (Å²) >= 11 is 1.67. The molecule has 0 aromatic heterocycles. The monoisotopic (exact) mass is 346 g/mol. The van der Waals surface area contributed by atoms with Crippen LogP contribution in [0.4, 0.5) is 5.69 Å². The zero-order valence-corrected chi connectivity index (χ0v) is 15.2. The minimum Gasteiger partial charge on any atom is -0.339 e. The Hall–Kier alpha value is -1.49. The molecule has 4 nitrogen and oxygen atoms in total. The van der Waals surface area contributed by atoms with Gasteiger partial charge < -0.3 is 10.2 Å². The first kappa shape index (κ1) is 17.3. The molecule has 0 radical (unpaired) electrons. The fraction of sp³-hybridized carbons (Fsp3) is 0.579. The number of thioether (sulfide) groups is 1. The molecule has 1 aromatic carbocycles. The molecule has 1 N–H and O–H groups in total. The van der Waals surface area contributed by atoms with Gasteiger partial charge >= 0.3 is 0 Å². The number of carbonyl (C=O) groups is 2. The van der Waals surface area contributed by atoms with Crippen LogP contribution in [0.5, 0.6) is 0 Å². The number of nitrogens with one attached hydrogen (secondary N) is 1. The van der Waals surface area contributed by atoms with E-state index < -0.39 is 0 Å². The molecule has 1 fully saturated rings. The van der Waals surface area contributed by atoms with Crippen molar-refractivity contribution in [3.63, 3.8) is 0 Å². The summed E-state index contributed by atoms with van der Waals surface area (Å²) in [7, 11) is 0. The van der Waals surface area contributed by atoms with Crippen LogP contribution in [0.3, 0.4) is 0 Å². The van der Waals surface area contributed by atoms with E-state index in [9.17, 15) is 9.59 Å². The standard InChI is InChI=1S/C19H26N2O2S/c1-2-4-14-5-3-10-21(11-8-14)19(23)15-6-7-17-16(13-15)20-18(22)9-12-24-17/h6-7,13-14H,2-5,8-12H2,1H3,(H,20,22). The van der Waals surface area contributed by atoms with E-state index in [1.807, 2.05) is 23.1 Å². The SMILES string of the molecule is CCCC1CCCN(C(=O)c2ccc3c(c2)NC(=O)CCS3)CC1. The first-order valence-corrected chi connectivity index (χ1v) is 10.0. The van der Waals surface area contributed by atoms with Gasteiger partial charge in [-0.25, -0.2) is 0 Å². The number of hydrogen-bond donors (Lipinski definition) is 1. The second kappa shape index (κ2) is 8.06. The number of fused-ring (bicyclic) bond motifs is 1. The lowest BCUT2D eigenvalue weighted by atomic mass is 9.96. The Kier molecular flexibility index (Phi) is 5.82. The average molecular weight is 346 g/mol. The van der Waals surface area contributed by atoms with Gasteiger partial charge in [-0.15, -0.1) is 11.8 Å². The van der Waals surface area contributed by atoms with Crippen LogP contribution in [0.2, 0.25) is 0 Å². The molecule has 0 bridgehead atoms. The summed E-state index contributed by atoms with van der Waals surface area (Å²) in [6.45, 7) is 3.93. The third-order valence-electron chi connectivity index (χ3n) is 4.92. The number of hydrogen-bond acceptors (Lipinski definition) is 3. The van der Waals surface area contributed by atoms with Crippen molar-refractivity contribution in [1.82, 2.24) is 4.90 Å². The van der Waals surface area contributed by atoms with Gasteiger partial charge in [-0.05, 0) is 43.4 Å². The molecular weight excluding hydrogens is 320 g/mol. The summed E-state index contributed by atoms with van der Waals surface area (Å²) < 4.78 is 0. The van der Waals surface area contributed by atoms with Crippen molar-refractivity contribution in [2.75, 3.05) is 24.2 Å². The highest BCUT2D eigenvalue weighted by Crippen LogP contribution is 2.32. The molecule has 2 heterocycles. The smallest absolute Gasteiger partial charge is 0.253 e. The molecular formula is C19H26N2O2S. The Morgan fingerprint density at radius 1 is 1.33 bits per heavy atom. The fourth-order valence-electron chi connectivity index (χ4n) is 3.60. The maximum atomic E-state index is 12.9. The molecule has 0 spiro atoms. The molecule has 2 amide bonds. The predicted octanol–water partition coefficient (Wildman–Crippen LogP) is 4.16. The molecule has 130 valence electrons. The Morgan fingerprint density at radius 2 is 2.21 bits per heavy atom. The molecule has 1 unspecified atom stereocenters. The lowest BCUT2D eigenvalue weighted by molar-refractivity contribution is -0.115. The highest BCUT2D eigenvalue weighted by Gasteiger charge is 2.22. The van der Waals surface area contributed by atoms with Crippen molar-refractivity contribution in [2.45, 2.75) is 50.3 Å². The first-order chi connectivity index (χ1) is 11.7. The highest BCUT2D eigenvalue weighted by atomic mass is 32.2. The Bertz CT molecular complexity index is 617. The van der Waals surface area contributed by atoms with E-state index in [0.29, 0.717) is 12.0 Å². The second-order valence-corrected chi connectivity index (χ2v) is 7.87. The molecule has 24 heavy (non-hydrogen) atoms. The third-order valence-corrected chi connectivity index (χ3v) is 5.99. The van der Waals surface area contributed by atoms with Crippen LogP contribution < -0.4 is 5.32 Å². The summed E-state index contributed by atoms with van der Waals surface area (Å²) in [5.41, 5.74) is 1.47. The number of amides is 2. The minimum absolute atomic E-state index is 0.0306. The van der Waals surface area contributed by atoms with Crippen LogP contribution in [-0.4, -0.2) is 35.6 Å². The molecule has 1 saturated heterocycles. The van der Waals surface area contributed by atoms with Gasteiger partial charge in [-0.1, -0.05) is 19.8 Å². The Balaban J connectivity index is 1.72. The molecule has 0 aliphatic carbocycles. The van der Waals surface area contributed by atoms with Crippen LogP contribution in [0.15, 0.2) is 23.1 Å². The lowest BCUT2D eigenvalue weighted by Gasteiger charge is -2.21. The van der Waals surface area contributed by atoms with Crippen molar-refractivity contribution >= 4 is 29.3 Å². The first-order valence-electron chi connectivity index (χ1n) is 9.03. The third kappa shape index (κ3) is 4.12. The summed E-state index contributed by atoms with van der Waals surface area (Å²) in [4.78, 5) is 27.7. The van der Waals surface area contributed by atoms with Crippen molar-refractivity contribution in [1.29, 1.82) is 0 Å². The van der Waals surface area contributed by atoms with Crippen LogP contribution in [0, 0.1) is 5.92 Å². The summed E-state index contributed by atoms with van der Waals surface area (Å²) in [5, 5.41) is 2.93. The van der Waals surface area contributed by atoms with Crippen molar-refractivity contribution in [2.24, 2.45) is 5.92 Å². The normalized spacial score (nSPS) is 21.5. The van der Waals surface area contributed by atoms with Gasteiger partial charge in [0.05, 0.1) is 5.69 Å². The number of carbonyl (C=O) groups excluding carboxylic acids is 2. The average Bonchev–Trinajstić information content (AvgIpc) is 2.91. The largest absolute Gasteiger partial charge is 0.339 e. The van der Waals surface area contributed by atoms with Crippen LogP contribution in [0.1, 0.15) is 55.8 Å². The summed E-state index contributed by atoms with van der Waals surface area (Å²) in [6, 6.07) is 5.72. The summed E-state index contributed by atoms with van der Waals surface area (Å²) in [6.07, 6.45) is 6.44. The summed E-state index contributed by atoms with van der Waals surface area (Å²) in [5.74, 6) is 1.67. The van der Waals surface area contributed by atoms with Crippen molar-refractivity contribution in [3.05, 3.63) is 23.8 Å². The minimum atomic E-state index is 0.0306. The van der Waals surface area contributed by atoms with E-state index in [4.69, 9.17) is 0 Å². The van der Waals surface area contributed by atoms with Crippen LogP contribution >= 0.6 is 11.8 Å². The zero-order chi connectivity index (χ0) is 16.9. The van der Waals surface area contributed by atoms with E-state index in [1.54, 1.807) is 11.8 Å². The fourth-order valence-corrected chi connectivity index (χ4v) is 4.54. The number of nitrogens with zero attached hydrogens (tertiary/aromatic N) is 1. The van der Waals surface area contributed by atoms with Gasteiger partial charge in [-0.2, -0.15) is 0 Å². The van der Waals surface area contributed by atoms with Gasteiger partial charge in [0.1, 0.15) is 0 Å². The maximum Gasteiger partial charge on any atom is 0.253 e. The maximum absolute atomic E-state index is 12.9. The lowest BCUT2D eigenvalue weighted by Crippen LogP contribution is -2.32. The Labute approximate surface area is 148 Å². The van der Waals surface area contributed by atoms with Crippen LogP contribution in [-0.2, 0) is 4.79 Å². The number of likely N-dealkylation sites (tertiary alicyclic amines) is 1. The van der Waals surface area contributed by atoms with Gasteiger partial charge in [-0.3, -0.25) is 9.59 Å². The molecule has 0 saturated carbocycles. The molecule has 3 rings (SSSR count). The van der Waals surface area contributed by atoms with Crippen LogP contribution in [0.25, 0.3) is 0 Å². The van der Waals surface area contributed by atoms with Gasteiger partial charge in [0.15, 0.2) is 0 Å². The topological polar surface area (TPSA) is 49.4 Å². The highest BCUT2D eigenvalue weighted by molar-refractivity contribution is 7.99. The van der Waals surface area contributed by atoms with E-state index in [1.165, 1.54) is 19.3 Å². The predicted molar refractivity (Wildman–Crippen MR) is 98.6 cm³/mol. The van der Waals surface area contributed by atoms with E-state index in [-0.39, 0.29) is 11.8 Å². The van der Waals surface area contributed by atoms with Gasteiger partial charge in [0.2, 0.25) is 5.91 Å². The molecule has 1 atom stereocenters. The van der Waals surface area contributed by atoms with E-state index in [0.717, 1.165) is 48.2 Å². The van der Waals surface area contributed by atoms with Gasteiger partial charge in [0, 0.05) is 35.7 Å². The molecule has 1 aromatic rings. The van der Waals surface area contributed by atoms with E-state index in [2.05, 4.69) is 12.2 Å².